The van der Waals surface area contributed by atoms with Crippen molar-refractivity contribution in [1.29, 1.82) is 0 Å². The number of methoxy groups -OCH3 is 1. The number of ether oxygens (including phenoxy) is 2. The van der Waals surface area contributed by atoms with E-state index in [0.29, 0.717) is 26.2 Å². The van der Waals surface area contributed by atoms with E-state index < -0.39 is 5.60 Å². The number of amides is 2. The van der Waals surface area contributed by atoms with Gasteiger partial charge in [-0.2, -0.15) is 0 Å². The molecule has 2 fully saturated rings. The number of hydrogen-bond acceptors (Lipinski definition) is 5. The lowest BCUT2D eigenvalue weighted by atomic mass is 9.73. The van der Waals surface area contributed by atoms with E-state index in [4.69, 9.17) is 15.2 Å². The standard InChI is InChI=1S/C43H45BrN4O3/c1-50-38-23-21-37(22-24-38)46-42(49)47-26-25-31(27-45)28-48-39(29-47)41(32-17-19-36(44)20-18-32)40(48)30-51-43(33-11-5-2-6-12-33,34-13-7-3-8-14-34)35-15-9-4-10-16-35/h2-24,31,39-41H,25-30,45H2,1H3,(H,46,49)/t31?,39?,40-,41?/m1/s1. The lowest BCUT2D eigenvalue weighted by Crippen LogP contribution is -2.69. The molecule has 0 aliphatic carbocycles. The van der Waals surface area contributed by atoms with Crippen LogP contribution in [-0.4, -0.2) is 67.8 Å². The van der Waals surface area contributed by atoms with Crippen LogP contribution in [0.1, 0.15) is 34.6 Å². The first-order valence-corrected chi connectivity index (χ1v) is 18.5. The molecule has 7 nitrogen and oxygen atoms in total. The molecule has 0 aromatic heterocycles. The number of fused-ring (bicyclic) bond motifs is 1. The van der Waals surface area contributed by atoms with Gasteiger partial charge in [-0.15, -0.1) is 0 Å². The highest BCUT2D eigenvalue weighted by Crippen LogP contribution is 2.46. The zero-order chi connectivity index (χ0) is 35.2. The summed E-state index contributed by atoms with van der Waals surface area (Å²) in [7, 11) is 1.64. The first-order chi connectivity index (χ1) is 25.0. The predicted octanol–water partition coefficient (Wildman–Crippen LogP) is 8.12. The number of benzene rings is 5. The molecule has 51 heavy (non-hydrogen) atoms. The van der Waals surface area contributed by atoms with Gasteiger partial charge in [0.15, 0.2) is 0 Å². The van der Waals surface area contributed by atoms with E-state index in [1.165, 1.54) is 5.56 Å². The fourth-order valence-electron chi connectivity index (χ4n) is 7.91. The van der Waals surface area contributed by atoms with Crippen LogP contribution in [0.3, 0.4) is 0 Å². The smallest absolute Gasteiger partial charge is 0.321 e. The molecule has 0 radical (unpaired) electrons. The molecule has 3 unspecified atom stereocenters. The Morgan fingerprint density at radius 1 is 0.804 bits per heavy atom. The molecule has 3 N–H and O–H groups in total. The second-order valence-electron chi connectivity index (χ2n) is 13.5. The Hall–Kier alpha value is -4.47. The van der Waals surface area contributed by atoms with Crippen LogP contribution in [-0.2, 0) is 10.3 Å². The lowest BCUT2D eigenvalue weighted by Gasteiger charge is -2.59. The van der Waals surface area contributed by atoms with E-state index in [9.17, 15) is 4.79 Å². The monoisotopic (exact) mass is 744 g/mol. The Morgan fingerprint density at radius 2 is 1.37 bits per heavy atom. The number of nitrogens with one attached hydrogen (secondary N) is 1. The second kappa shape index (κ2) is 15.8. The first-order valence-electron chi connectivity index (χ1n) is 17.7. The topological polar surface area (TPSA) is 80.1 Å². The number of carbonyl (C=O) groups is 1. The van der Waals surface area contributed by atoms with Gasteiger partial charge in [-0.1, -0.05) is 119 Å². The maximum Gasteiger partial charge on any atom is 0.321 e. The number of halogens is 1. The molecule has 2 aliphatic heterocycles. The van der Waals surface area contributed by atoms with Crippen molar-refractivity contribution in [3.05, 3.63) is 166 Å². The van der Waals surface area contributed by atoms with Crippen molar-refractivity contribution < 1.29 is 14.3 Å². The highest BCUT2D eigenvalue weighted by Gasteiger charge is 2.52. The highest BCUT2D eigenvalue weighted by molar-refractivity contribution is 9.10. The van der Waals surface area contributed by atoms with Crippen LogP contribution >= 0.6 is 15.9 Å². The van der Waals surface area contributed by atoms with E-state index >= 15 is 0 Å². The minimum atomic E-state index is -0.834. The van der Waals surface area contributed by atoms with E-state index in [1.54, 1.807) is 7.11 Å². The maximum atomic E-state index is 13.9. The molecule has 8 heteroatoms. The molecule has 262 valence electrons. The number of nitrogens with zero attached hydrogens (tertiary/aromatic N) is 2. The number of rotatable bonds is 10. The fraction of sp³-hybridized carbons (Fsp3) is 0.279. The van der Waals surface area contributed by atoms with Crippen molar-refractivity contribution in [1.82, 2.24) is 9.80 Å². The fourth-order valence-corrected chi connectivity index (χ4v) is 8.17. The van der Waals surface area contributed by atoms with E-state index in [-0.39, 0.29) is 30.0 Å². The molecular formula is C43H45BrN4O3. The lowest BCUT2D eigenvalue weighted by molar-refractivity contribution is -0.107. The van der Waals surface area contributed by atoms with Crippen molar-refractivity contribution in [3.8, 4) is 5.75 Å². The zero-order valence-electron chi connectivity index (χ0n) is 28.9. The van der Waals surface area contributed by atoms with Gasteiger partial charge in [-0.3, -0.25) is 4.90 Å². The normalized spacial score (nSPS) is 20.7. The van der Waals surface area contributed by atoms with Crippen LogP contribution in [0.2, 0.25) is 0 Å². The Morgan fingerprint density at radius 3 is 1.90 bits per heavy atom. The molecule has 5 aromatic carbocycles. The summed E-state index contributed by atoms with van der Waals surface area (Å²) in [6.07, 6.45) is 0.828. The summed E-state index contributed by atoms with van der Waals surface area (Å²) in [6, 6.07) is 47.8. The molecule has 7 rings (SSSR count). The van der Waals surface area contributed by atoms with Gasteiger partial charge >= 0.3 is 6.03 Å². The summed E-state index contributed by atoms with van der Waals surface area (Å²) in [5, 5.41) is 3.13. The number of nitrogens with two attached hydrogens (primary N) is 1. The third-order valence-corrected chi connectivity index (χ3v) is 11.1. The van der Waals surface area contributed by atoms with Crippen LogP contribution in [0, 0.1) is 5.92 Å². The number of hydrogen-bond donors (Lipinski definition) is 2. The predicted molar refractivity (Wildman–Crippen MR) is 207 cm³/mol. The molecule has 2 heterocycles. The molecule has 4 atom stereocenters. The molecular weight excluding hydrogens is 700 g/mol. The van der Waals surface area contributed by atoms with Crippen molar-refractivity contribution in [2.75, 3.05) is 45.2 Å². The summed E-state index contributed by atoms with van der Waals surface area (Å²) in [5.74, 6) is 1.11. The summed E-state index contributed by atoms with van der Waals surface area (Å²) in [4.78, 5) is 18.4. The van der Waals surface area contributed by atoms with Crippen LogP contribution in [0.5, 0.6) is 5.75 Å². The maximum absolute atomic E-state index is 13.9. The van der Waals surface area contributed by atoms with Gasteiger partial charge in [-0.05, 0) is 77.5 Å². The SMILES string of the molecule is COc1ccc(NC(=O)N2CCC(CN)CN3C(C2)C(c2ccc(Br)cc2)[C@H]3COC(c2ccccc2)(c2ccccc2)c2ccccc2)cc1. The first kappa shape index (κ1) is 35.0. The Labute approximate surface area is 309 Å². The van der Waals surface area contributed by atoms with Crippen LogP contribution in [0.15, 0.2) is 144 Å². The van der Waals surface area contributed by atoms with Gasteiger partial charge in [0.25, 0.3) is 0 Å². The Kier molecular flexibility index (Phi) is 10.8. The summed E-state index contributed by atoms with van der Waals surface area (Å²) >= 11 is 3.64. The average molecular weight is 746 g/mol. The molecule has 2 saturated heterocycles. The Bertz CT molecular complexity index is 1760. The van der Waals surface area contributed by atoms with E-state index in [1.807, 2.05) is 47.4 Å². The van der Waals surface area contributed by atoms with Gasteiger partial charge in [0, 0.05) is 47.8 Å². The second-order valence-corrected chi connectivity index (χ2v) is 14.4. The third kappa shape index (κ3) is 7.32. The van der Waals surface area contributed by atoms with Crippen molar-refractivity contribution in [2.45, 2.75) is 30.0 Å². The van der Waals surface area contributed by atoms with Crippen LogP contribution in [0.25, 0.3) is 0 Å². The van der Waals surface area contributed by atoms with Gasteiger partial charge < -0.3 is 25.4 Å². The number of anilines is 1. The molecule has 2 amide bonds. The van der Waals surface area contributed by atoms with E-state index in [2.05, 4.69) is 123 Å². The van der Waals surface area contributed by atoms with Crippen molar-refractivity contribution >= 4 is 27.6 Å². The van der Waals surface area contributed by atoms with Crippen LogP contribution < -0.4 is 15.8 Å². The Balaban J connectivity index is 1.24. The minimum absolute atomic E-state index is 0.0605. The van der Waals surface area contributed by atoms with Crippen molar-refractivity contribution in [3.63, 3.8) is 0 Å². The molecule has 2 aliphatic rings. The molecule has 0 saturated carbocycles. The number of urea groups is 1. The third-order valence-electron chi connectivity index (χ3n) is 10.6. The molecule has 0 spiro atoms. The van der Waals surface area contributed by atoms with Crippen LogP contribution in [0.4, 0.5) is 10.5 Å². The largest absolute Gasteiger partial charge is 0.497 e. The van der Waals surface area contributed by atoms with Gasteiger partial charge in [0.05, 0.1) is 13.7 Å². The van der Waals surface area contributed by atoms with Gasteiger partial charge in [0.2, 0.25) is 0 Å². The molecule has 0 bridgehead atoms. The zero-order valence-corrected chi connectivity index (χ0v) is 30.5. The summed E-state index contributed by atoms with van der Waals surface area (Å²) in [5.41, 5.74) is 10.8. The highest BCUT2D eigenvalue weighted by atomic mass is 79.9. The quantitative estimate of drug-likeness (QED) is 0.141. The van der Waals surface area contributed by atoms with E-state index in [0.717, 1.165) is 45.6 Å². The summed E-state index contributed by atoms with van der Waals surface area (Å²) < 4.78 is 13.8. The average Bonchev–Trinajstić information content (AvgIpc) is 3.17. The van der Waals surface area contributed by atoms with Gasteiger partial charge in [0.1, 0.15) is 11.4 Å². The summed E-state index contributed by atoms with van der Waals surface area (Å²) in [6.45, 7) is 3.12. The molecule has 5 aromatic rings. The number of carbonyl (C=O) groups excluding carboxylic acids is 1. The minimum Gasteiger partial charge on any atom is -0.497 e. The van der Waals surface area contributed by atoms with Gasteiger partial charge in [-0.25, -0.2) is 4.79 Å². The van der Waals surface area contributed by atoms with Crippen molar-refractivity contribution in [2.24, 2.45) is 11.7 Å².